The van der Waals surface area contributed by atoms with Crippen LogP contribution in [0, 0.1) is 5.82 Å². The molecule has 0 fully saturated rings. The minimum Gasteiger partial charge on any atom is -0.335 e. The van der Waals surface area contributed by atoms with Gasteiger partial charge >= 0.3 is 6.03 Å². The second-order valence-electron chi connectivity index (χ2n) is 5.94. The van der Waals surface area contributed by atoms with Gasteiger partial charge in [-0.15, -0.1) is 0 Å². The molecule has 0 radical (unpaired) electrons. The van der Waals surface area contributed by atoms with Gasteiger partial charge in [0.1, 0.15) is 5.82 Å². The van der Waals surface area contributed by atoms with E-state index in [-0.39, 0.29) is 25.5 Å². The zero-order chi connectivity index (χ0) is 20.5. The summed E-state index contributed by atoms with van der Waals surface area (Å²) >= 11 is 5.97. The van der Waals surface area contributed by atoms with Crippen LogP contribution >= 0.6 is 11.6 Å². The number of benzene rings is 2. The van der Waals surface area contributed by atoms with Crippen LogP contribution in [0.3, 0.4) is 0 Å². The molecule has 0 aliphatic carbocycles. The van der Waals surface area contributed by atoms with Gasteiger partial charge in [0, 0.05) is 13.6 Å². The summed E-state index contributed by atoms with van der Waals surface area (Å²) in [7, 11) is 1.45. The summed E-state index contributed by atoms with van der Waals surface area (Å²) < 4.78 is 12.8. The molecule has 28 heavy (non-hydrogen) atoms. The average molecular weight is 407 g/mol. The van der Waals surface area contributed by atoms with Crippen molar-refractivity contribution in [3.63, 3.8) is 0 Å². The number of halogens is 2. The molecule has 2 aromatic carbocycles. The average Bonchev–Trinajstić information content (AvgIpc) is 2.67. The SMILES string of the molecule is CN(CC(=O)Nc1ccccc1Cl)C(=O)CNC(=O)NCc1ccc(F)cc1. The smallest absolute Gasteiger partial charge is 0.315 e. The van der Waals surface area contributed by atoms with Gasteiger partial charge in [0.2, 0.25) is 11.8 Å². The van der Waals surface area contributed by atoms with Crippen molar-refractivity contribution in [1.82, 2.24) is 15.5 Å². The van der Waals surface area contributed by atoms with Crippen molar-refractivity contribution in [1.29, 1.82) is 0 Å². The lowest BCUT2D eigenvalue weighted by Crippen LogP contribution is -2.44. The Morgan fingerprint density at radius 2 is 1.71 bits per heavy atom. The molecule has 0 spiro atoms. The van der Waals surface area contributed by atoms with Crippen molar-refractivity contribution >= 4 is 35.1 Å². The van der Waals surface area contributed by atoms with E-state index < -0.39 is 17.8 Å². The Hall–Kier alpha value is -3.13. The highest BCUT2D eigenvalue weighted by atomic mass is 35.5. The highest BCUT2D eigenvalue weighted by Gasteiger charge is 2.14. The number of para-hydroxylation sites is 1. The number of hydrogen-bond acceptors (Lipinski definition) is 3. The fourth-order valence-electron chi connectivity index (χ4n) is 2.19. The molecule has 0 aliphatic heterocycles. The van der Waals surface area contributed by atoms with Gasteiger partial charge in [-0.2, -0.15) is 0 Å². The number of urea groups is 1. The molecule has 2 aromatic rings. The fraction of sp³-hybridized carbons (Fsp3) is 0.211. The van der Waals surface area contributed by atoms with Crippen LogP contribution in [0.4, 0.5) is 14.9 Å². The highest BCUT2D eigenvalue weighted by Crippen LogP contribution is 2.20. The number of carbonyl (C=O) groups excluding carboxylic acids is 3. The molecular weight excluding hydrogens is 387 g/mol. The Labute approximate surface area is 166 Å². The first kappa shape index (κ1) is 21.2. The molecule has 0 aliphatic rings. The number of nitrogens with zero attached hydrogens (tertiary/aromatic N) is 1. The zero-order valence-electron chi connectivity index (χ0n) is 15.2. The quantitative estimate of drug-likeness (QED) is 0.659. The van der Waals surface area contributed by atoms with Crippen LogP contribution in [-0.2, 0) is 16.1 Å². The highest BCUT2D eigenvalue weighted by molar-refractivity contribution is 6.33. The number of nitrogens with one attached hydrogen (secondary N) is 3. The van der Waals surface area contributed by atoms with E-state index in [9.17, 15) is 18.8 Å². The van der Waals surface area contributed by atoms with Crippen LogP contribution in [0.5, 0.6) is 0 Å². The predicted octanol–water partition coefficient (Wildman–Crippen LogP) is 2.38. The molecular formula is C19H20ClFN4O3. The second-order valence-corrected chi connectivity index (χ2v) is 6.35. The maximum Gasteiger partial charge on any atom is 0.315 e. The number of likely N-dealkylation sites (N-methyl/N-ethyl adjacent to an activating group) is 1. The summed E-state index contributed by atoms with van der Waals surface area (Å²) in [5.41, 5.74) is 1.17. The molecule has 7 nitrogen and oxygen atoms in total. The predicted molar refractivity (Wildman–Crippen MR) is 104 cm³/mol. The van der Waals surface area contributed by atoms with Crippen LogP contribution < -0.4 is 16.0 Å². The Kier molecular flexibility index (Phi) is 7.76. The van der Waals surface area contributed by atoms with Crippen molar-refractivity contribution in [3.05, 3.63) is 64.9 Å². The molecule has 9 heteroatoms. The monoisotopic (exact) mass is 406 g/mol. The second kappa shape index (κ2) is 10.3. The third kappa shape index (κ3) is 6.88. The number of carbonyl (C=O) groups is 3. The lowest BCUT2D eigenvalue weighted by Gasteiger charge is -2.17. The standard InChI is InChI=1S/C19H20ClFN4O3/c1-25(12-17(26)24-16-5-3-2-4-15(16)20)18(27)11-23-19(28)22-10-13-6-8-14(21)9-7-13/h2-9H,10-12H2,1H3,(H,24,26)(H2,22,23,28). The number of rotatable bonds is 7. The third-order valence-corrected chi connectivity index (χ3v) is 4.05. The van der Waals surface area contributed by atoms with Gasteiger partial charge in [0.15, 0.2) is 0 Å². The van der Waals surface area contributed by atoms with E-state index in [4.69, 9.17) is 11.6 Å². The third-order valence-electron chi connectivity index (χ3n) is 3.72. The molecule has 4 amide bonds. The Morgan fingerprint density at radius 3 is 2.39 bits per heavy atom. The first-order chi connectivity index (χ1) is 13.3. The van der Waals surface area contributed by atoms with Gasteiger partial charge in [-0.05, 0) is 29.8 Å². The van der Waals surface area contributed by atoms with Crippen molar-refractivity contribution in [2.24, 2.45) is 0 Å². The van der Waals surface area contributed by atoms with Gasteiger partial charge in [-0.1, -0.05) is 35.9 Å². The minimum absolute atomic E-state index is 0.191. The van der Waals surface area contributed by atoms with Crippen LogP contribution in [-0.4, -0.2) is 42.9 Å². The lowest BCUT2D eigenvalue weighted by molar-refractivity contribution is -0.132. The molecule has 0 atom stereocenters. The van der Waals surface area contributed by atoms with E-state index >= 15 is 0 Å². The van der Waals surface area contributed by atoms with E-state index in [1.807, 2.05) is 0 Å². The molecule has 2 rings (SSSR count). The molecule has 0 heterocycles. The fourth-order valence-corrected chi connectivity index (χ4v) is 2.38. The maximum atomic E-state index is 12.8. The van der Waals surface area contributed by atoms with Crippen LogP contribution in [0.15, 0.2) is 48.5 Å². The first-order valence-electron chi connectivity index (χ1n) is 8.39. The van der Waals surface area contributed by atoms with E-state index in [2.05, 4.69) is 16.0 Å². The summed E-state index contributed by atoms with van der Waals surface area (Å²) in [6.45, 7) is -0.273. The van der Waals surface area contributed by atoms with E-state index in [1.165, 1.54) is 24.1 Å². The van der Waals surface area contributed by atoms with Crippen molar-refractivity contribution in [3.8, 4) is 0 Å². The van der Waals surface area contributed by atoms with Gasteiger partial charge in [-0.25, -0.2) is 9.18 Å². The lowest BCUT2D eigenvalue weighted by atomic mass is 10.2. The largest absolute Gasteiger partial charge is 0.335 e. The Balaban J connectivity index is 1.71. The summed E-state index contributed by atoms with van der Waals surface area (Å²) in [5.74, 6) is -1.21. The topological polar surface area (TPSA) is 90.5 Å². The van der Waals surface area contributed by atoms with E-state index in [0.29, 0.717) is 10.7 Å². The normalized spacial score (nSPS) is 10.1. The molecule has 0 unspecified atom stereocenters. The number of anilines is 1. The van der Waals surface area contributed by atoms with Crippen LogP contribution in [0.1, 0.15) is 5.56 Å². The minimum atomic E-state index is -0.549. The molecule has 0 saturated carbocycles. The zero-order valence-corrected chi connectivity index (χ0v) is 15.9. The summed E-state index contributed by atoms with van der Waals surface area (Å²) in [6, 6.07) is 11.9. The van der Waals surface area contributed by atoms with Crippen molar-refractivity contribution in [2.45, 2.75) is 6.54 Å². The van der Waals surface area contributed by atoms with Crippen LogP contribution in [0.2, 0.25) is 5.02 Å². The molecule has 0 aromatic heterocycles. The molecule has 148 valence electrons. The van der Waals surface area contributed by atoms with Gasteiger partial charge in [0.05, 0.1) is 23.8 Å². The number of amides is 4. The van der Waals surface area contributed by atoms with Crippen LogP contribution in [0.25, 0.3) is 0 Å². The molecule has 3 N–H and O–H groups in total. The first-order valence-corrected chi connectivity index (χ1v) is 8.77. The molecule has 0 bridgehead atoms. The summed E-state index contributed by atoms with van der Waals surface area (Å²) in [4.78, 5) is 37.0. The Bertz CT molecular complexity index is 845. The van der Waals surface area contributed by atoms with Gasteiger partial charge in [0.25, 0.3) is 0 Å². The van der Waals surface area contributed by atoms with E-state index in [0.717, 1.165) is 5.56 Å². The Morgan fingerprint density at radius 1 is 1.04 bits per heavy atom. The maximum absolute atomic E-state index is 12.8. The summed E-state index contributed by atoms with van der Waals surface area (Å²) in [6.07, 6.45) is 0. The van der Waals surface area contributed by atoms with E-state index in [1.54, 1.807) is 36.4 Å². The summed E-state index contributed by atoms with van der Waals surface area (Å²) in [5, 5.41) is 7.97. The van der Waals surface area contributed by atoms with Crippen molar-refractivity contribution in [2.75, 3.05) is 25.5 Å². The molecule has 0 saturated heterocycles. The number of hydrogen-bond donors (Lipinski definition) is 3. The van der Waals surface area contributed by atoms with Gasteiger partial charge < -0.3 is 20.9 Å². The van der Waals surface area contributed by atoms with Crippen molar-refractivity contribution < 1.29 is 18.8 Å². The van der Waals surface area contributed by atoms with Gasteiger partial charge in [-0.3, -0.25) is 9.59 Å².